The Bertz CT molecular complexity index is 1380. The van der Waals surface area contributed by atoms with Gasteiger partial charge in [-0.3, -0.25) is 9.69 Å². The zero-order valence-corrected chi connectivity index (χ0v) is 19.4. The van der Waals surface area contributed by atoms with Gasteiger partial charge in [0.25, 0.3) is 0 Å². The van der Waals surface area contributed by atoms with Crippen LogP contribution in [0.5, 0.6) is 0 Å². The molecule has 0 saturated carbocycles. The van der Waals surface area contributed by atoms with Crippen LogP contribution in [0.4, 0.5) is 17.1 Å². The van der Waals surface area contributed by atoms with E-state index in [4.69, 9.17) is 0 Å². The third-order valence-electron chi connectivity index (χ3n) is 5.82. The maximum absolute atomic E-state index is 12.4. The summed E-state index contributed by atoms with van der Waals surface area (Å²) in [6.07, 6.45) is 3.59. The van der Waals surface area contributed by atoms with Crippen LogP contribution in [0.25, 0.3) is 0 Å². The Balaban J connectivity index is 1.91. The van der Waals surface area contributed by atoms with Gasteiger partial charge in [-0.25, -0.2) is 8.42 Å². The van der Waals surface area contributed by atoms with Gasteiger partial charge in [-0.2, -0.15) is 4.58 Å². The Morgan fingerprint density at radius 3 is 2.15 bits per heavy atom. The molecular formula is C26H24N2O4S. The van der Waals surface area contributed by atoms with E-state index in [0.717, 1.165) is 28.3 Å². The Morgan fingerprint density at radius 1 is 0.970 bits per heavy atom. The summed E-state index contributed by atoms with van der Waals surface area (Å²) in [5, 5.41) is 0. The van der Waals surface area contributed by atoms with Gasteiger partial charge >= 0.3 is 0 Å². The zero-order valence-electron chi connectivity index (χ0n) is 18.6. The average molecular weight is 461 g/mol. The first-order chi connectivity index (χ1) is 15.6. The number of carbonyl (C=O) groups is 1. The van der Waals surface area contributed by atoms with E-state index in [-0.39, 0.29) is 10.8 Å². The van der Waals surface area contributed by atoms with Crippen molar-refractivity contribution in [3.05, 3.63) is 96.7 Å². The molecule has 0 saturated heterocycles. The standard InChI is InChI=1S/C26H24N2O4S/c1-19(29)27(20-10-6-4-7-11-20)17-16-25-26(2,3)23-18-22(33(30,31)32)14-15-24(23)28(25)21-12-8-5-9-13-21/h4-18H,1-3H3. The molecule has 3 aromatic rings. The third kappa shape index (κ3) is 4.25. The number of fused-ring (bicyclic) bond motifs is 1. The van der Waals surface area contributed by atoms with Crippen molar-refractivity contribution in [2.75, 3.05) is 4.90 Å². The molecule has 0 aromatic heterocycles. The lowest BCUT2D eigenvalue weighted by Gasteiger charge is -2.19. The molecule has 1 amide bonds. The number of para-hydroxylation sites is 2. The highest BCUT2D eigenvalue weighted by atomic mass is 32.2. The van der Waals surface area contributed by atoms with Crippen LogP contribution in [0.1, 0.15) is 26.3 Å². The first-order valence-electron chi connectivity index (χ1n) is 10.5. The smallest absolute Gasteiger partial charge is 0.227 e. The van der Waals surface area contributed by atoms with Gasteiger partial charge in [-0.1, -0.05) is 36.4 Å². The van der Waals surface area contributed by atoms with Crippen LogP contribution in [0, 0.1) is 0 Å². The monoisotopic (exact) mass is 460 g/mol. The number of hydrogen-bond donors (Lipinski definition) is 0. The molecule has 3 aromatic carbocycles. The van der Waals surface area contributed by atoms with Crippen LogP contribution in [0.2, 0.25) is 0 Å². The summed E-state index contributed by atoms with van der Waals surface area (Å²) >= 11 is 0. The topological polar surface area (TPSA) is 80.5 Å². The van der Waals surface area contributed by atoms with Crippen molar-refractivity contribution in [1.29, 1.82) is 0 Å². The Labute approximate surface area is 193 Å². The molecule has 6 nitrogen and oxygen atoms in total. The molecule has 0 bridgehead atoms. The molecule has 0 aliphatic carbocycles. The second-order valence-electron chi connectivity index (χ2n) is 8.35. The second kappa shape index (κ2) is 8.42. The fraction of sp³-hybridized carbons (Fsp3) is 0.154. The number of hydrogen-bond acceptors (Lipinski definition) is 4. The molecular weight excluding hydrogens is 436 g/mol. The first-order valence-corrected chi connectivity index (χ1v) is 11.9. The summed E-state index contributed by atoms with van der Waals surface area (Å²) in [5.41, 5.74) is 3.33. The summed E-state index contributed by atoms with van der Waals surface area (Å²) in [4.78, 5) is 13.7. The fourth-order valence-corrected chi connectivity index (χ4v) is 4.66. The summed E-state index contributed by atoms with van der Waals surface area (Å²) in [5.74, 6) is -0.141. The van der Waals surface area contributed by atoms with Crippen LogP contribution in [0.3, 0.4) is 0 Å². The molecule has 0 spiro atoms. The quantitative estimate of drug-likeness (QED) is 0.407. The Kier molecular flexibility index (Phi) is 5.78. The zero-order chi connectivity index (χ0) is 23.8. The molecule has 1 aliphatic rings. The Morgan fingerprint density at radius 2 is 1.58 bits per heavy atom. The lowest BCUT2D eigenvalue weighted by molar-refractivity contribution is -0.116. The highest BCUT2D eigenvalue weighted by molar-refractivity contribution is 7.85. The Hall–Kier alpha value is -3.55. The van der Waals surface area contributed by atoms with Crippen LogP contribution < -0.4 is 9.48 Å². The average Bonchev–Trinajstić information content (AvgIpc) is 3.00. The van der Waals surface area contributed by atoms with Gasteiger partial charge in [0.2, 0.25) is 17.3 Å². The van der Waals surface area contributed by atoms with Crippen LogP contribution in [-0.2, 0) is 20.3 Å². The minimum absolute atomic E-state index is 0.141. The number of carbonyl (C=O) groups excluding carboxylic acids is 1. The van der Waals surface area contributed by atoms with E-state index in [2.05, 4.69) is 0 Å². The molecule has 0 fully saturated rings. The van der Waals surface area contributed by atoms with Crippen molar-refractivity contribution in [1.82, 2.24) is 4.58 Å². The first kappa shape index (κ1) is 22.6. The van der Waals surface area contributed by atoms with Crippen molar-refractivity contribution >= 4 is 38.8 Å². The van der Waals surface area contributed by atoms with Crippen LogP contribution >= 0.6 is 0 Å². The predicted octanol–water partition coefficient (Wildman–Crippen LogP) is 4.72. The number of amides is 1. The number of allylic oxidation sites excluding steroid dienone is 1. The fourth-order valence-electron chi connectivity index (χ4n) is 4.16. The summed E-state index contributed by atoms with van der Waals surface area (Å²) in [6, 6.07) is 23.4. The molecule has 7 heteroatoms. The van der Waals surface area contributed by atoms with E-state index in [1.165, 1.54) is 19.1 Å². The molecule has 4 rings (SSSR count). The van der Waals surface area contributed by atoms with Gasteiger partial charge in [-0.15, -0.1) is 0 Å². The number of benzene rings is 3. The van der Waals surface area contributed by atoms with E-state index >= 15 is 0 Å². The van der Waals surface area contributed by atoms with E-state index in [1.54, 1.807) is 17.2 Å². The van der Waals surface area contributed by atoms with Gasteiger partial charge in [-0.05, 0) is 38.1 Å². The van der Waals surface area contributed by atoms with E-state index < -0.39 is 15.5 Å². The molecule has 168 valence electrons. The van der Waals surface area contributed by atoms with Gasteiger partial charge in [0.05, 0.1) is 10.3 Å². The second-order valence-corrected chi connectivity index (χ2v) is 9.73. The lowest BCUT2D eigenvalue weighted by atomic mass is 9.81. The minimum atomic E-state index is -4.60. The van der Waals surface area contributed by atoms with Crippen LogP contribution in [-0.4, -0.2) is 24.6 Å². The van der Waals surface area contributed by atoms with Gasteiger partial charge in [0.1, 0.15) is 10.1 Å². The number of rotatable bonds is 5. The lowest BCUT2D eigenvalue weighted by Crippen LogP contribution is -2.29. The maximum Gasteiger partial charge on any atom is 0.227 e. The van der Waals surface area contributed by atoms with Crippen molar-refractivity contribution in [3.63, 3.8) is 0 Å². The van der Waals surface area contributed by atoms with Crippen molar-refractivity contribution in [3.8, 4) is 0 Å². The third-order valence-corrected chi connectivity index (χ3v) is 6.65. The van der Waals surface area contributed by atoms with Gasteiger partial charge < -0.3 is 4.55 Å². The summed E-state index contributed by atoms with van der Waals surface area (Å²) < 4.78 is 37.1. The molecule has 33 heavy (non-hydrogen) atoms. The van der Waals surface area contributed by atoms with Gasteiger partial charge in [0.15, 0.2) is 5.71 Å². The highest BCUT2D eigenvalue weighted by Gasteiger charge is 2.45. The summed E-state index contributed by atoms with van der Waals surface area (Å²) in [7, 11) is -4.60. The highest BCUT2D eigenvalue weighted by Crippen LogP contribution is 2.43. The predicted molar refractivity (Wildman–Crippen MR) is 129 cm³/mol. The molecule has 0 radical (unpaired) electrons. The SMILES string of the molecule is CC(=O)N(/C=C/C1=[N+](c2ccccc2)c2ccc(S(=O)(=O)[O-])cc2C1(C)C)c1ccccc1. The molecule has 0 N–H and O–H groups in total. The molecule has 1 heterocycles. The van der Waals surface area contributed by atoms with Crippen molar-refractivity contribution < 1.29 is 17.8 Å². The van der Waals surface area contributed by atoms with Crippen LogP contribution in [0.15, 0.2) is 96.0 Å². The van der Waals surface area contributed by atoms with Crippen molar-refractivity contribution in [2.24, 2.45) is 0 Å². The summed E-state index contributed by atoms with van der Waals surface area (Å²) in [6.45, 7) is 5.43. The molecule has 0 unspecified atom stereocenters. The van der Waals surface area contributed by atoms with E-state index in [9.17, 15) is 17.8 Å². The van der Waals surface area contributed by atoms with Crippen molar-refractivity contribution in [2.45, 2.75) is 31.1 Å². The van der Waals surface area contributed by atoms with Gasteiger partial charge in [0, 0.05) is 48.6 Å². The normalized spacial score (nSPS) is 15.0. The largest absolute Gasteiger partial charge is 0.744 e. The minimum Gasteiger partial charge on any atom is -0.744 e. The molecule has 0 atom stereocenters. The molecule has 1 aliphatic heterocycles. The maximum atomic E-state index is 12.4. The van der Waals surface area contributed by atoms with E-state index in [1.807, 2.05) is 85.2 Å². The number of nitrogens with zero attached hydrogens (tertiary/aromatic N) is 2. The van der Waals surface area contributed by atoms with E-state index in [0.29, 0.717) is 0 Å². The number of anilines is 1.